The summed E-state index contributed by atoms with van der Waals surface area (Å²) in [5.41, 5.74) is -0.0739. The van der Waals surface area contributed by atoms with E-state index in [-0.39, 0.29) is 17.9 Å². The number of carbonyl (C=O) groups is 1. The average molecular weight is 329 g/mol. The molecule has 1 aliphatic carbocycles. The molecular formula is C17H22F3NO2. The first-order chi connectivity index (χ1) is 10.7. The van der Waals surface area contributed by atoms with E-state index in [1.54, 1.807) is 0 Å². The highest BCUT2D eigenvalue weighted by molar-refractivity contribution is 5.80. The zero-order valence-electron chi connectivity index (χ0n) is 13.2. The van der Waals surface area contributed by atoms with Gasteiger partial charge in [-0.15, -0.1) is 0 Å². The van der Waals surface area contributed by atoms with Gasteiger partial charge in [-0.25, -0.2) is 0 Å². The molecule has 3 atom stereocenters. The maximum absolute atomic E-state index is 12.6. The van der Waals surface area contributed by atoms with Crippen LogP contribution in [0.3, 0.4) is 0 Å². The first-order valence-corrected chi connectivity index (χ1v) is 7.85. The van der Waals surface area contributed by atoms with Crippen LogP contribution in [0.1, 0.15) is 50.3 Å². The fourth-order valence-corrected chi connectivity index (χ4v) is 3.02. The van der Waals surface area contributed by atoms with Crippen molar-refractivity contribution in [3.05, 3.63) is 35.4 Å². The molecule has 3 unspecified atom stereocenters. The minimum Gasteiger partial charge on any atom is -0.392 e. The van der Waals surface area contributed by atoms with Gasteiger partial charge in [0.05, 0.1) is 23.6 Å². The van der Waals surface area contributed by atoms with Crippen LogP contribution in [0.4, 0.5) is 13.2 Å². The van der Waals surface area contributed by atoms with Gasteiger partial charge in [0.2, 0.25) is 5.91 Å². The zero-order chi connectivity index (χ0) is 17.2. The summed E-state index contributed by atoms with van der Waals surface area (Å²) in [5, 5.41) is 12.7. The predicted molar refractivity (Wildman–Crippen MR) is 80.5 cm³/mol. The van der Waals surface area contributed by atoms with Gasteiger partial charge < -0.3 is 10.4 Å². The van der Waals surface area contributed by atoms with E-state index in [0.717, 1.165) is 18.6 Å². The van der Waals surface area contributed by atoms with Gasteiger partial charge >= 0.3 is 6.18 Å². The van der Waals surface area contributed by atoms with E-state index in [9.17, 15) is 23.1 Å². The lowest BCUT2D eigenvalue weighted by Crippen LogP contribution is -2.39. The van der Waals surface area contributed by atoms with Crippen LogP contribution in [0, 0.1) is 11.8 Å². The van der Waals surface area contributed by atoms with E-state index in [4.69, 9.17) is 0 Å². The molecule has 1 amide bonds. The SMILES string of the molecule is CC(C)C(NC(=O)C1CCCC1O)c1ccc(C(F)(F)F)cc1. The monoisotopic (exact) mass is 329 g/mol. The Balaban J connectivity index is 2.13. The smallest absolute Gasteiger partial charge is 0.392 e. The Morgan fingerprint density at radius 3 is 2.26 bits per heavy atom. The number of alkyl halides is 3. The van der Waals surface area contributed by atoms with E-state index in [2.05, 4.69) is 5.32 Å². The van der Waals surface area contributed by atoms with Crippen molar-refractivity contribution in [2.45, 2.75) is 51.4 Å². The summed E-state index contributed by atoms with van der Waals surface area (Å²) < 4.78 is 37.9. The van der Waals surface area contributed by atoms with Crippen LogP contribution in [0.15, 0.2) is 24.3 Å². The molecule has 6 heteroatoms. The molecule has 2 rings (SSSR count). The average Bonchev–Trinajstić information content (AvgIpc) is 2.89. The molecule has 3 nitrogen and oxygen atoms in total. The summed E-state index contributed by atoms with van der Waals surface area (Å²) in [6.07, 6.45) is -2.93. The molecule has 0 aromatic heterocycles. The molecule has 0 aliphatic heterocycles. The zero-order valence-corrected chi connectivity index (χ0v) is 13.2. The van der Waals surface area contributed by atoms with Crippen molar-refractivity contribution in [1.29, 1.82) is 0 Å². The molecular weight excluding hydrogens is 307 g/mol. The summed E-state index contributed by atoms with van der Waals surface area (Å²) in [6, 6.07) is 4.48. The lowest BCUT2D eigenvalue weighted by Gasteiger charge is -2.26. The van der Waals surface area contributed by atoms with Gasteiger partial charge in [0.15, 0.2) is 0 Å². The Labute approximate surface area is 133 Å². The normalized spacial score (nSPS) is 23.1. The second-order valence-corrected chi connectivity index (χ2v) is 6.45. The van der Waals surface area contributed by atoms with E-state index in [0.29, 0.717) is 18.4 Å². The number of aliphatic hydroxyl groups is 1. The van der Waals surface area contributed by atoms with Crippen LogP contribution in [-0.2, 0) is 11.0 Å². The second kappa shape index (κ2) is 6.91. The highest BCUT2D eigenvalue weighted by Crippen LogP contribution is 2.32. The largest absolute Gasteiger partial charge is 0.416 e. The molecule has 1 fully saturated rings. The van der Waals surface area contributed by atoms with Crippen molar-refractivity contribution in [3.63, 3.8) is 0 Å². The molecule has 0 radical (unpaired) electrons. The molecule has 23 heavy (non-hydrogen) atoms. The molecule has 1 aromatic rings. The minimum absolute atomic E-state index is 0.0224. The van der Waals surface area contributed by atoms with Crippen LogP contribution in [0.2, 0.25) is 0 Å². The Kier molecular flexibility index (Phi) is 5.34. The Morgan fingerprint density at radius 1 is 1.22 bits per heavy atom. The van der Waals surface area contributed by atoms with Crippen molar-refractivity contribution in [2.75, 3.05) is 0 Å². The Hall–Kier alpha value is -1.56. The quantitative estimate of drug-likeness (QED) is 0.885. The summed E-state index contributed by atoms with van der Waals surface area (Å²) >= 11 is 0. The summed E-state index contributed by atoms with van der Waals surface area (Å²) in [7, 11) is 0. The Morgan fingerprint density at radius 2 is 1.83 bits per heavy atom. The lowest BCUT2D eigenvalue weighted by atomic mass is 9.94. The number of aliphatic hydroxyl groups excluding tert-OH is 1. The minimum atomic E-state index is -4.37. The van der Waals surface area contributed by atoms with Crippen LogP contribution in [0.25, 0.3) is 0 Å². The van der Waals surface area contributed by atoms with E-state index < -0.39 is 23.8 Å². The number of benzene rings is 1. The highest BCUT2D eigenvalue weighted by atomic mass is 19.4. The number of hydrogen-bond acceptors (Lipinski definition) is 2. The molecule has 0 heterocycles. The van der Waals surface area contributed by atoms with E-state index in [1.807, 2.05) is 13.8 Å². The first-order valence-electron chi connectivity index (χ1n) is 7.85. The number of nitrogens with one attached hydrogen (secondary N) is 1. The van der Waals surface area contributed by atoms with Gasteiger partial charge in [0, 0.05) is 0 Å². The summed E-state index contributed by atoms with van der Waals surface area (Å²) in [6.45, 7) is 3.79. The van der Waals surface area contributed by atoms with Crippen molar-refractivity contribution in [2.24, 2.45) is 11.8 Å². The number of hydrogen-bond donors (Lipinski definition) is 2. The number of carbonyl (C=O) groups excluding carboxylic acids is 1. The van der Waals surface area contributed by atoms with Gasteiger partial charge in [-0.05, 0) is 42.9 Å². The van der Waals surface area contributed by atoms with Gasteiger partial charge in [0.1, 0.15) is 0 Å². The molecule has 128 valence electrons. The summed E-state index contributed by atoms with van der Waals surface area (Å²) in [5.74, 6) is -0.631. The van der Waals surface area contributed by atoms with Crippen LogP contribution in [-0.4, -0.2) is 17.1 Å². The van der Waals surface area contributed by atoms with Gasteiger partial charge in [-0.2, -0.15) is 13.2 Å². The van der Waals surface area contributed by atoms with Gasteiger partial charge in [0.25, 0.3) is 0 Å². The van der Waals surface area contributed by atoms with Crippen LogP contribution in [0.5, 0.6) is 0 Å². The number of halogens is 3. The van der Waals surface area contributed by atoms with Crippen molar-refractivity contribution >= 4 is 5.91 Å². The predicted octanol–water partition coefficient (Wildman–Crippen LogP) is 3.68. The number of amides is 1. The van der Waals surface area contributed by atoms with Crippen molar-refractivity contribution in [1.82, 2.24) is 5.32 Å². The molecule has 2 N–H and O–H groups in total. The maximum atomic E-state index is 12.6. The van der Waals surface area contributed by atoms with Crippen LogP contribution >= 0.6 is 0 Å². The van der Waals surface area contributed by atoms with Crippen molar-refractivity contribution < 1.29 is 23.1 Å². The fourth-order valence-electron chi connectivity index (χ4n) is 3.02. The third kappa shape index (κ3) is 4.25. The molecule has 0 spiro atoms. The number of rotatable bonds is 4. The van der Waals surface area contributed by atoms with Gasteiger partial charge in [-0.3, -0.25) is 4.79 Å². The molecule has 1 aromatic carbocycles. The van der Waals surface area contributed by atoms with E-state index in [1.165, 1.54) is 12.1 Å². The highest BCUT2D eigenvalue weighted by Gasteiger charge is 2.34. The lowest BCUT2D eigenvalue weighted by molar-refractivity contribution is -0.137. The van der Waals surface area contributed by atoms with E-state index >= 15 is 0 Å². The fraction of sp³-hybridized carbons (Fsp3) is 0.588. The maximum Gasteiger partial charge on any atom is 0.416 e. The standard InChI is InChI=1S/C17H22F3NO2/c1-10(2)15(21-16(23)13-4-3-5-14(13)22)11-6-8-12(9-7-11)17(18,19)20/h6-10,13-15,22H,3-5H2,1-2H3,(H,21,23). The van der Waals surface area contributed by atoms with Crippen LogP contribution < -0.4 is 5.32 Å². The molecule has 0 bridgehead atoms. The summed E-state index contributed by atoms with van der Waals surface area (Å²) in [4.78, 5) is 12.3. The van der Waals surface area contributed by atoms with Gasteiger partial charge in [-0.1, -0.05) is 26.0 Å². The third-order valence-corrected chi connectivity index (χ3v) is 4.38. The molecule has 1 aliphatic rings. The second-order valence-electron chi connectivity index (χ2n) is 6.45. The molecule has 0 saturated heterocycles. The third-order valence-electron chi connectivity index (χ3n) is 4.38. The van der Waals surface area contributed by atoms with Crippen molar-refractivity contribution in [3.8, 4) is 0 Å². The topological polar surface area (TPSA) is 49.3 Å². The Bertz CT molecular complexity index is 540. The molecule has 1 saturated carbocycles. The first kappa shape index (κ1) is 17.8.